The molecule has 0 fully saturated rings. The monoisotopic (exact) mass is 247 g/mol. The van der Waals surface area contributed by atoms with Crippen molar-refractivity contribution >= 4 is 23.2 Å². The standard InChI is InChI=1S/C11H15Cl2NO/c1-6(2)5-9(14)7-3-4-8(12)10(13)11(7)15/h3-4,6,9,15H,5,14H2,1-2H3/t9-/m0/s1. The lowest BCUT2D eigenvalue weighted by Crippen LogP contribution is -2.13. The maximum Gasteiger partial charge on any atom is 0.140 e. The Balaban J connectivity index is 3.00. The van der Waals surface area contributed by atoms with Crippen LogP contribution in [0.2, 0.25) is 10.0 Å². The summed E-state index contributed by atoms with van der Waals surface area (Å²) in [5.74, 6) is 0.464. The summed E-state index contributed by atoms with van der Waals surface area (Å²) in [7, 11) is 0. The van der Waals surface area contributed by atoms with Crippen LogP contribution in [0.25, 0.3) is 0 Å². The molecule has 1 atom stereocenters. The van der Waals surface area contributed by atoms with Crippen molar-refractivity contribution in [2.24, 2.45) is 11.7 Å². The molecule has 0 saturated carbocycles. The fourth-order valence-electron chi connectivity index (χ4n) is 1.49. The topological polar surface area (TPSA) is 46.2 Å². The number of phenolic OH excluding ortho intramolecular Hbond substituents is 1. The lowest BCUT2D eigenvalue weighted by molar-refractivity contribution is 0.445. The van der Waals surface area contributed by atoms with Crippen molar-refractivity contribution < 1.29 is 5.11 Å². The van der Waals surface area contributed by atoms with Crippen molar-refractivity contribution in [3.63, 3.8) is 0 Å². The molecule has 0 aliphatic heterocycles. The van der Waals surface area contributed by atoms with Gasteiger partial charge in [0.15, 0.2) is 0 Å². The van der Waals surface area contributed by atoms with Gasteiger partial charge in [-0.05, 0) is 18.4 Å². The number of phenols is 1. The van der Waals surface area contributed by atoms with Gasteiger partial charge in [0.05, 0.1) is 5.02 Å². The summed E-state index contributed by atoms with van der Waals surface area (Å²) >= 11 is 11.6. The average molecular weight is 248 g/mol. The molecule has 3 N–H and O–H groups in total. The van der Waals surface area contributed by atoms with Gasteiger partial charge < -0.3 is 10.8 Å². The second-order valence-corrected chi connectivity index (χ2v) is 4.82. The average Bonchev–Trinajstić information content (AvgIpc) is 2.13. The van der Waals surface area contributed by atoms with E-state index in [0.29, 0.717) is 16.5 Å². The Labute approximate surface area is 100.0 Å². The van der Waals surface area contributed by atoms with Gasteiger partial charge in [-0.25, -0.2) is 0 Å². The van der Waals surface area contributed by atoms with Crippen LogP contribution in [0.1, 0.15) is 31.9 Å². The van der Waals surface area contributed by atoms with Crippen molar-refractivity contribution in [2.75, 3.05) is 0 Å². The van der Waals surface area contributed by atoms with E-state index in [2.05, 4.69) is 13.8 Å². The van der Waals surface area contributed by atoms with Gasteiger partial charge in [0.25, 0.3) is 0 Å². The van der Waals surface area contributed by atoms with Gasteiger partial charge in [-0.1, -0.05) is 43.1 Å². The molecule has 0 unspecified atom stereocenters. The Bertz CT molecular complexity index is 353. The van der Waals surface area contributed by atoms with E-state index in [4.69, 9.17) is 28.9 Å². The zero-order valence-electron chi connectivity index (χ0n) is 8.80. The van der Waals surface area contributed by atoms with Crippen molar-refractivity contribution in [1.29, 1.82) is 0 Å². The van der Waals surface area contributed by atoms with Crippen LogP contribution in [-0.4, -0.2) is 5.11 Å². The van der Waals surface area contributed by atoms with E-state index >= 15 is 0 Å². The predicted molar refractivity (Wildman–Crippen MR) is 64.5 cm³/mol. The van der Waals surface area contributed by atoms with E-state index in [-0.39, 0.29) is 16.8 Å². The van der Waals surface area contributed by atoms with Crippen molar-refractivity contribution in [3.05, 3.63) is 27.7 Å². The van der Waals surface area contributed by atoms with Gasteiger partial charge >= 0.3 is 0 Å². The smallest absolute Gasteiger partial charge is 0.140 e. The van der Waals surface area contributed by atoms with Gasteiger partial charge in [0, 0.05) is 11.6 Å². The second kappa shape index (κ2) is 5.06. The van der Waals surface area contributed by atoms with Crippen LogP contribution in [0.4, 0.5) is 0 Å². The van der Waals surface area contributed by atoms with Crippen LogP contribution in [-0.2, 0) is 0 Å². The number of rotatable bonds is 3. The molecule has 0 aliphatic rings. The first kappa shape index (κ1) is 12.6. The van der Waals surface area contributed by atoms with Crippen molar-refractivity contribution in [3.8, 4) is 5.75 Å². The van der Waals surface area contributed by atoms with Crippen LogP contribution < -0.4 is 5.73 Å². The molecule has 1 aromatic rings. The Morgan fingerprint density at radius 2 is 1.93 bits per heavy atom. The van der Waals surface area contributed by atoms with Crippen LogP contribution >= 0.6 is 23.2 Å². The molecular weight excluding hydrogens is 233 g/mol. The van der Waals surface area contributed by atoms with E-state index in [9.17, 15) is 5.11 Å². The third-order valence-electron chi connectivity index (χ3n) is 2.23. The molecular formula is C11H15Cl2NO. The lowest BCUT2D eigenvalue weighted by Gasteiger charge is -2.16. The first-order valence-corrected chi connectivity index (χ1v) is 5.61. The molecule has 1 rings (SSSR count). The van der Waals surface area contributed by atoms with Gasteiger partial charge in [0.1, 0.15) is 10.8 Å². The van der Waals surface area contributed by atoms with Gasteiger partial charge in [-0.2, -0.15) is 0 Å². The van der Waals surface area contributed by atoms with Gasteiger partial charge in [-0.15, -0.1) is 0 Å². The number of hydrogen-bond donors (Lipinski definition) is 2. The molecule has 0 radical (unpaired) electrons. The fraction of sp³-hybridized carbons (Fsp3) is 0.455. The SMILES string of the molecule is CC(C)C[C@H](N)c1ccc(Cl)c(Cl)c1O. The normalized spacial score (nSPS) is 13.2. The van der Waals surface area contributed by atoms with E-state index in [1.54, 1.807) is 12.1 Å². The van der Waals surface area contributed by atoms with Gasteiger partial charge in [-0.3, -0.25) is 0 Å². The van der Waals surface area contributed by atoms with Crippen molar-refractivity contribution in [2.45, 2.75) is 26.3 Å². The highest BCUT2D eigenvalue weighted by molar-refractivity contribution is 6.43. The minimum atomic E-state index is -0.209. The summed E-state index contributed by atoms with van der Waals surface area (Å²) in [6, 6.07) is 3.16. The van der Waals surface area contributed by atoms with E-state index in [1.165, 1.54) is 0 Å². The number of aromatic hydroxyl groups is 1. The zero-order valence-corrected chi connectivity index (χ0v) is 10.3. The van der Waals surface area contributed by atoms with Crippen LogP contribution in [0.3, 0.4) is 0 Å². The molecule has 84 valence electrons. The largest absolute Gasteiger partial charge is 0.506 e. The summed E-state index contributed by atoms with van der Waals surface area (Å²) in [5, 5.41) is 10.3. The van der Waals surface area contributed by atoms with Crippen molar-refractivity contribution in [1.82, 2.24) is 0 Å². The maximum absolute atomic E-state index is 9.77. The number of halogens is 2. The first-order valence-electron chi connectivity index (χ1n) is 4.86. The lowest BCUT2D eigenvalue weighted by atomic mass is 9.97. The Morgan fingerprint density at radius 3 is 2.47 bits per heavy atom. The fourth-order valence-corrected chi connectivity index (χ4v) is 1.81. The molecule has 1 aromatic carbocycles. The molecule has 0 aromatic heterocycles. The zero-order chi connectivity index (χ0) is 11.6. The van der Waals surface area contributed by atoms with E-state index in [0.717, 1.165) is 6.42 Å². The third-order valence-corrected chi connectivity index (χ3v) is 3.02. The summed E-state index contributed by atoms with van der Waals surface area (Å²) in [6.07, 6.45) is 0.797. The van der Waals surface area contributed by atoms with Crippen LogP contribution in [0, 0.1) is 5.92 Å². The Kier molecular flexibility index (Phi) is 4.26. The Hall–Kier alpha value is -0.440. The molecule has 0 aliphatic carbocycles. The highest BCUT2D eigenvalue weighted by Gasteiger charge is 2.16. The minimum Gasteiger partial charge on any atom is -0.506 e. The molecule has 0 bridgehead atoms. The summed E-state index contributed by atoms with van der Waals surface area (Å²) in [6.45, 7) is 4.16. The summed E-state index contributed by atoms with van der Waals surface area (Å²) in [4.78, 5) is 0. The van der Waals surface area contributed by atoms with E-state index in [1.807, 2.05) is 0 Å². The molecule has 0 spiro atoms. The van der Waals surface area contributed by atoms with E-state index < -0.39 is 0 Å². The van der Waals surface area contributed by atoms with Crippen LogP contribution in [0.5, 0.6) is 5.75 Å². The molecule has 15 heavy (non-hydrogen) atoms. The van der Waals surface area contributed by atoms with Crippen LogP contribution in [0.15, 0.2) is 12.1 Å². The number of benzene rings is 1. The molecule has 0 saturated heterocycles. The Morgan fingerprint density at radius 1 is 1.33 bits per heavy atom. The summed E-state index contributed by atoms with van der Waals surface area (Å²) < 4.78 is 0. The third kappa shape index (κ3) is 3.00. The highest BCUT2D eigenvalue weighted by atomic mass is 35.5. The molecule has 4 heteroatoms. The number of nitrogens with two attached hydrogens (primary N) is 1. The summed E-state index contributed by atoms with van der Waals surface area (Å²) in [5.41, 5.74) is 6.61. The predicted octanol–water partition coefficient (Wildman–Crippen LogP) is 3.74. The molecule has 0 amide bonds. The molecule has 0 heterocycles. The minimum absolute atomic E-state index is 0.00248. The van der Waals surface area contributed by atoms with Gasteiger partial charge in [0.2, 0.25) is 0 Å². The first-order chi connectivity index (χ1) is 6.93. The maximum atomic E-state index is 9.77. The molecule has 2 nitrogen and oxygen atoms in total. The number of hydrogen-bond acceptors (Lipinski definition) is 2. The second-order valence-electron chi connectivity index (χ2n) is 4.04. The quantitative estimate of drug-likeness (QED) is 0.855. The highest BCUT2D eigenvalue weighted by Crippen LogP contribution is 2.37.